The Morgan fingerprint density at radius 1 is 1.42 bits per heavy atom. The van der Waals surface area contributed by atoms with E-state index in [1.54, 1.807) is 0 Å². The van der Waals surface area contributed by atoms with E-state index in [-0.39, 0.29) is 6.10 Å². The van der Waals surface area contributed by atoms with Gasteiger partial charge in [0.2, 0.25) is 0 Å². The molecule has 3 heteroatoms. The predicted octanol–water partition coefficient (Wildman–Crippen LogP) is 0.561. The van der Waals surface area contributed by atoms with Gasteiger partial charge < -0.3 is 4.74 Å². The van der Waals surface area contributed by atoms with Crippen LogP contribution in [0.4, 0.5) is 0 Å². The van der Waals surface area contributed by atoms with Crippen molar-refractivity contribution in [3.05, 3.63) is 12.2 Å². The van der Waals surface area contributed by atoms with Gasteiger partial charge in [-0.3, -0.25) is 9.69 Å². The molecular formula is C9H13NO2. The number of hydrogen-bond donors (Lipinski definition) is 0. The van der Waals surface area contributed by atoms with Crippen LogP contribution in [-0.4, -0.2) is 36.6 Å². The van der Waals surface area contributed by atoms with Crippen LogP contribution in [0.5, 0.6) is 0 Å². The molecule has 0 aromatic rings. The van der Waals surface area contributed by atoms with Crippen LogP contribution in [0.3, 0.4) is 0 Å². The lowest BCUT2D eigenvalue weighted by Gasteiger charge is -2.35. The van der Waals surface area contributed by atoms with E-state index in [9.17, 15) is 4.79 Å². The standard InChI is InChI=1S/C9H13NO2/c1-10-7-2-3-8(10)5-9(4-7)12-6-11/h2-3,6-9H,4-5H2,1H3/t7-,8+,9?. The summed E-state index contributed by atoms with van der Waals surface area (Å²) < 4.78 is 4.96. The summed E-state index contributed by atoms with van der Waals surface area (Å²) >= 11 is 0. The molecule has 2 rings (SSSR count). The van der Waals surface area contributed by atoms with Gasteiger partial charge in [0.15, 0.2) is 0 Å². The van der Waals surface area contributed by atoms with Gasteiger partial charge in [-0.05, 0) is 7.05 Å². The van der Waals surface area contributed by atoms with Crippen LogP contribution in [0.2, 0.25) is 0 Å². The second kappa shape index (κ2) is 2.90. The average molecular weight is 167 g/mol. The summed E-state index contributed by atoms with van der Waals surface area (Å²) in [6.45, 7) is 0.565. The minimum absolute atomic E-state index is 0.128. The predicted molar refractivity (Wildman–Crippen MR) is 44.7 cm³/mol. The normalized spacial score (nSPS) is 39.9. The lowest BCUT2D eigenvalue weighted by Crippen LogP contribution is -2.43. The van der Waals surface area contributed by atoms with Crippen LogP contribution >= 0.6 is 0 Å². The van der Waals surface area contributed by atoms with Crippen molar-refractivity contribution in [3.8, 4) is 0 Å². The minimum Gasteiger partial charge on any atom is -0.464 e. The summed E-state index contributed by atoms with van der Waals surface area (Å²) in [5.74, 6) is 0. The molecule has 12 heavy (non-hydrogen) atoms. The van der Waals surface area contributed by atoms with Gasteiger partial charge in [0.1, 0.15) is 6.10 Å². The Morgan fingerprint density at radius 2 is 2.00 bits per heavy atom. The summed E-state index contributed by atoms with van der Waals surface area (Å²) in [5.41, 5.74) is 0. The summed E-state index contributed by atoms with van der Waals surface area (Å²) in [6.07, 6.45) is 6.44. The molecule has 66 valence electrons. The first-order chi connectivity index (χ1) is 5.81. The molecule has 3 nitrogen and oxygen atoms in total. The van der Waals surface area contributed by atoms with E-state index in [1.165, 1.54) is 0 Å². The largest absolute Gasteiger partial charge is 0.464 e. The van der Waals surface area contributed by atoms with E-state index < -0.39 is 0 Å². The molecule has 0 saturated carbocycles. The Balaban J connectivity index is 2.00. The van der Waals surface area contributed by atoms with Crippen molar-refractivity contribution in [1.29, 1.82) is 0 Å². The fraction of sp³-hybridized carbons (Fsp3) is 0.667. The topological polar surface area (TPSA) is 29.5 Å². The highest BCUT2D eigenvalue weighted by molar-refractivity contribution is 5.37. The quantitative estimate of drug-likeness (QED) is 0.444. The molecule has 1 unspecified atom stereocenters. The number of nitrogens with zero attached hydrogens (tertiary/aromatic N) is 1. The molecule has 2 aliphatic heterocycles. The van der Waals surface area contributed by atoms with Crippen LogP contribution in [-0.2, 0) is 9.53 Å². The van der Waals surface area contributed by atoms with E-state index in [0.29, 0.717) is 18.6 Å². The minimum atomic E-state index is 0.128. The zero-order valence-corrected chi connectivity index (χ0v) is 7.14. The summed E-state index contributed by atoms with van der Waals surface area (Å²) in [5, 5.41) is 0. The van der Waals surface area contributed by atoms with E-state index in [4.69, 9.17) is 4.74 Å². The van der Waals surface area contributed by atoms with Crippen molar-refractivity contribution in [2.24, 2.45) is 0 Å². The summed E-state index contributed by atoms with van der Waals surface area (Å²) in [4.78, 5) is 12.5. The zero-order valence-electron chi connectivity index (χ0n) is 7.14. The van der Waals surface area contributed by atoms with E-state index in [1.807, 2.05) is 0 Å². The number of ether oxygens (including phenoxy) is 1. The zero-order chi connectivity index (χ0) is 8.55. The fourth-order valence-electron chi connectivity index (χ4n) is 2.09. The van der Waals surface area contributed by atoms with Crippen molar-refractivity contribution in [2.45, 2.75) is 31.0 Å². The first-order valence-electron chi connectivity index (χ1n) is 4.30. The van der Waals surface area contributed by atoms with Gasteiger partial charge in [-0.15, -0.1) is 0 Å². The monoisotopic (exact) mass is 167 g/mol. The Hall–Kier alpha value is -0.830. The average Bonchev–Trinajstić information content (AvgIpc) is 2.33. The molecule has 0 spiro atoms. The lowest BCUT2D eigenvalue weighted by atomic mass is 10.00. The number of hydrogen-bond acceptors (Lipinski definition) is 3. The smallest absolute Gasteiger partial charge is 0.293 e. The van der Waals surface area contributed by atoms with Gasteiger partial charge in [-0.1, -0.05) is 12.2 Å². The molecule has 1 fully saturated rings. The molecule has 0 N–H and O–H groups in total. The first kappa shape index (κ1) is 7.80. The van der Waals surface area contributed by atoms with Crippen LogP contribution in [0.15, 0.2) is 12.2 Å². The van der Waals surface area contributed by atoms with Crippen molar-refractivity contribution in [1.82, 2.24) is 4.90 Å². The van der Waals surface area contributed by atoms with Gasteiger partial charge in [0.05, 0.1) is 0 Å². The molecule has 0 aromatic heterocycles. The second-order valence-electron chi connectivity index (χ2n) is 3.51. The molecule has 2 aliphatic rings. The highest BCUT2D eigenvalue weighted by Crippen LogP contribution is 2.29. The van der Waals surface area contributed by atoms with Crippen LogP contribution in [0.1, 0.15) is 12.8 Å². The van der Waals surface area contributed by atoms with Crippen molar-refractivity contribution in [3.63, 3.8) is 0 Å². The molecule has 2 heterocycles. The number of carbonyl (C=O) groups is 1. The Labute approximate surface area is 72.0 Å². The number of likely N-dealkylation sites (N-methyl/N-ethyl adjacent to an activating group) is 1. The summed E-state index contributed by atoms with van der Waals surface area (Å²) in [6, 6.07) is 0.961. The Morgan fingerprint density at radius 3 is 2.50 bits per heavy atom. The molecule has 1 saturated heterocycles. The number of rotatable bonds is 2. The molecule has 0 radical (unpaired) electrons. The maximum atomic E-state index is 10.1. The van der Waals surface area contributed by atoms with Crippen molar-refractivity contribution >= 4 is 6.47 Å². The molecule has 2 bridgehead atoms. The van der Waals surface area contributed by atoms with E-state index >= 15 is 0 Å². The van der Waals surface area contributed by atoms with Gasteiger partial charge in [-0.25, -0.2) is 0 Å². The van der Waals surface area contributed by atoms with E-state index in [0.717, 1.165) is 12.8 Å². The Kier molecular flexibility index (Phi) is 1.89. The molecular weight excluding hydrogens is 154 g/mol. The third-order valence-corrected chi connectivity index (χ3v) is 2.86. The maximum absolute atomic E-state index is 10.1. The van der Waals surface area contributed by atoms with Crippen LogP contribution < -0.4 is 0 Å². The molecule has 0 aromatic carbocycles. The highest BCUT2D eigenvalue weighted by Gasteiger charge is 2.35. The number of carbonyl (C=O) groups excluding carboxylic acids is 1. The SMILES string of the molecule is CN1[C@@H]2C=C[C@H]1CC(OC=O)C2. The van der Waals surface area contributed by atoms with E-state index in [2.05, 4.69) is 24.1 Å². The van der Waals surface area contributed by atoms with Gasteiger partial charge in [0.25, 0.3) is 6.47 Å². The number of piperidine rings is 1. The van der Waals surface area contributed by atoms with Gasteiger partial charge in [0, 0.05) is 24.9 Å². The maximum Gasteiger partial charge on any atom is 0.293 e. The summed E-state index contributed by atoms with van der Waals surface area (Å²) in [7, 11) is 2.12. The van der Waals surface area contributed by atoms with Crippen LogP contribution in [0.25, 0.3) is 0 Å². The first-order valence-corrected chi connectivity index (χ1v) is 4.30. The van der Waals surface area contributed by atoms with Crippen molar-refractivity contribution < 1.29 is 9.53 Å². The molecule has 3 atom stereocenters. The third kappa shape index (κ3) is 1.14. The fourth-order valence-corrected chi connectivity index (χ4v) is 2.09. The third-order valence-electron chi connectivity index (χ3n) is 2.86. The second-order valence-corrected chi connectivity index (χ2v) is 3.51. The van der Waals surface area contributed by atoms with Crippen LogP contribution in [0, 0.1) is 0 Å². The lowest BCUT2D eigenvalue weighted by molar-refractivity contribution is -0.136. The molecule has 0 aliphatic carbocycles. The Bertz CT molecular complexity index is 199. The number of fused-ring (bicyclic) bond motifs is 2. The van der Waals surface area contributed by atoms with Gasteiger partial charge >= 0.3 is 0 Å². The molecule has 0 amide bonds. The van der Waals surface area contributed by atoms with Crippen molar-refractivity contribution in [2.75, 3.05) is 7.05 Å². The van der Waals surface area contributed by atoms with Gasteiger partial charge in [-0.2, -0.15) is 0 Å². The highest BCUT2D eigenvalue weighted by atomic mass is 16.5.